The summed E-state index contributed by atoms with van der Waals surface area (Å²) in [5, 5.41) is 0. The van der Waals surface area contributed by atoms with E-state index in [2.05, 4.69) is 0 Å². The second-order valence-corrected chi connectivity index (χ2v) is 4.20. The predicted molar refractivity (Wildman–Crippen MR) is 53.6 cm³/mol. The van der Waals surface area contributed by atoms with Gasteiger partial charge in [0.05, 0.1) is 13.2 Å². The Hall–Kier alpha value is -0.650. The highest BCUT2D eigenvalue weighted by Gasteiger charge is 2.36. The smallest absolute Gasteiger partial charge is 0.237 e. The first-order valence-corrected chi connectivity index (χ1v) is 4.83. The molecule has 0 aromatic heterocycles. The van der Waals surface area contributed by atoms with Crippen molar-refractivity contribution in [3.63, 3.8) is 0 Å². The topological polar surface area (TPSA) is 81.6 Å². The number of nitrogens with zero attached hydrogens (tertiary/aromatic N) is 1. The van der Waals surface area contributed by atoms with Crippen molar-refractivity contribution in [2.75, 3.05) is 26.3 Å². The Morgan fingerprint density at radius 3 is 2.79 bits per heavy atom. The number of carbonyl (C=O) groups is 1. The van der Waals surface area contributed by atoms with E-state index in [1.54, 1.807) is 0 Å². The molecule has 1 unspecified atom stereocenters. The molecular formula is C9H19N3O2. The molecule has 1 atom stereocenters. The predicted octanol–water partition coefficient (Wildman–Crippen LogP) is -1.09. The molecule has 0 aromatic rings. The normalized spacial score (nSPS) is 24.9. The fraction of sp³-hybridized carbons (Fsp3) is 0.889. The van der Waals surface area contributed by atoms with Crippen LogP contribution in [0.5, 0.6) is 0 Å². The Morgan fingerprint density at radius 2 is 2.29 bits per heavy atom. The number of ether oxygens (including phenoxy) is 1. The van der Waals surface area contributed by atoms with E-state index in [0.717, 1.165) is 0 Å². The monoisotopic (exact) mass is 201 g/mol. The molecule has 5 nitrogen and oxygen atoms in total. The van der Waals surface area contributed by atoms with Crippen LogP contribution in [-0.4, -0.2) is 48.7 Å². The summed E-state index contributed by atoms with van der Waals surface area (Å²) in [6.45, 7) is 6.23. The van der Waals surface area contributed by atoms with Crippen molar-refractivity contribution in [3.8, 4) is 0 Å². The molecule has 14 heavy (non-hydrogen) atoms. The molecule has 1 saturated heterocycles. The van der Waals surface area contributed by atoms with E-state index in [0.29, 0.717) is 26.3 Å². The van der Waals surface area contributed by atoms with Crippen molar-refractivity contribution >= 4 is 5.91 Å². The van der Waals surface area contributed by atoms with Crippen molar-refractivity contribution in [3.05, 3.63) is 0 Å². The fourth-order valence-corrected chi connectivity index (χ4v) is 1.68. The Kier molecular flexibility index (Phi) is 3.47. The van der Waals surface area contributed by atoms with Crippen LogP contribution in [0, 0.1) is 0 Å². The van der Waals surface area contributed by atoms with E-state index in [4.69, 9.17) is 16.2 Å². The Bertz CT molecular complexity index is 218. The quantitative estimate of drug-likeness (QED) is 0.608. The van der Waals surface area contributed by atoms with Crippen molar-refractivity contribution in [2.24, 2.45) is 11.5 Å². The number of amides is 1. The van der Waals surface area contributed by atoms with Gasteiger partial charge in [-0.25, -0.2) is 0 Å². The average molecular weight is 201 g/mol. The maximum Gasteiger partial charge on any atom is 0.237 e. The van der Waals surface area contributed by atoms with E-state index in [9.17, 15) is 4.79 Å². The van der Waals surface area contributed by atoms with Crippen molar-refractivity contribution < 1.29 is 9.53 Å². The number of hydrogen-bond acceptors (Lipinski definition) is 4. The van der Waals surface area contributed by atoms with Crippen LogP contribution >= 0.6 is 0 Å². The lowest BCUT2D eigenvalue weighted by atomic mass is 9.99. The van der Waals surface area contributed by atoms with Crippen LogP contribution in [0.4, 0.5) is 0 Å². The van der Waals surface area contributed by atoms with Gasteiger partial charge in [-0.15, -0.1) is 0 Å². The maximum absolute atomic E-state index is 11.2. The molecule has 0 aromatic carbocycles. The highest BCUT2D eigenvalue weighted by molar-refractivity contribution is 5.80. The Balaban J connectivity index is 2.77. The van der Waals surface area contributed by atoms with Gasteiger partial charge in [-0.05, 0) is 13.8 Å². The van der Waals surface area contributed by atoms with E-state index >= 15 is 0 Å². The van der Waals surface area contributed by atoms with E-state index in [1.807, 2.05) is 18.7 Å². The summed E-state index contributed by atoms with van der Waals surface area (Å²) in [6, 6.07) is -0.345. The largest absolute Gasteiger partial charge is 0.378 e. The number of hydrogen-bond donors (Lipinski definition) is 2. The van der Waals surface area contributed by atoms with Gasteiger partial charge in [-0.3, -0.25) is 9.69 Å². The van der Waals surface area contributed by atoms with Crippen molar-refractivity contribution in [2.45, 2.75) is 25.4 Å². The molecule has 1 aliphatic heterocycles. The second-order valence-electron chi connectivity index (χ2n) is 4.20. The van der Waals surface area contributed by atoms with Crippen LogP contribution in [0.2, 0.25) is 0 Å². The van der Waals surface area contributed by atoms with Crippen LogP contribution in [-0.2, 0) is 9.53 Å². The minimum Gasteiger partial charge on any atom is -0.378 e. The Morgan fingerprint density at radius 1 is 1.64 bits per heavy atom. The average Bonchev–Trinajstić information content (AvgIpc) is 2.18. The van der Waals surface area contributed by atoms with Gasteiger partial charge in [0, 0.05) is 18.6 Å². The van der Waals surface area contributed by atoms with Gasteiger partial charge < -0.3 is 16.2 Å². The third-order valence-electron chi connectivity index (χ3n) is 2.73. The SMILES string of the molecule is CC(C)(CN)N1CCOCC1C(N)=O. The van der Waals surface area contributed by atoms with Crippen LogP contribution in [0.15, 0.2) is 0 Å². The van der Waals surface area contributed by atoms with Crippen LogP contribution in [0.25, 0.3) is 0 Å². The second kappa shape index (κ2) is 4.25. The standard InChI is InChI=1S/C9H19N3O2/c1-9(2,6-10)12-3-4-14-5-7(12)8(11)13/h7H,3-6,10H2,1-2H3,(H2,11,13). The molecule has 1 rings (SSSR count). The fourth-order valence-electron chi connectivity index (χ4n) is 1.68. The van der Waals surface area contributed by atoms with Gasteiger partial charge in [0.15, 0.2) is 0 Å². The number of rotatable bonds is 3. The molecule has 0 spiro atoms. The number of morpholine rings is 1. The molecule has 1 amide bonds. The lowest BCUT2D eigenvalue weighted by molar-refractivity contribution is -0.134. The van der Waals surface area contributed by atoms with Crippen LogP contribution in [0.3, 0.4) is 0 Å². The first-order valence-electron chi connectivity index (χ1n) is 4.83. The summed E-state index contributed by atoms with van der Waals surface area (Å²) < 4.78 is 5.23. The van der Waals surface area contributed by atoms with Crippen molar-refractivity contribution in [1.82, 2.24) is 4.90 Å². The third kappa shape index (κ3) is 2.23. The molecule has 4 N–H and O–H groups in total. The highest BCUT2D eigenvalue weighted by Crippen LogP contribution is 2.19. The summed E-state index contributed by atoms with van der Waals surface area (Å²) in [5.41, 5.74) is 10.8. The zero-order chi connectivity index (χ0) is 10.8. The molecule has 1 fully saturated rings. The lowest BCUT2D eigenvalue weighted by Gasteiger charge is -2.44. The molecule has 82 valence electrons. The zero-order valence-electron chi connectivity index (χ0n) is 8.82. The third-order valence-corrected chi connectivity index (χ3v) is 2.73. The summed E-state index contributed by atoms with van der Waals surface area (Å²) in [5.74, 6) is -0.341. The molecular weight excluding hydrogens is 182 g/mol. The van der Waals surface area contributed by atoms with E-state index in [1.165, 1.54) is 0 Å². The minimum atomic E-state index is -0.345. The zero-order valence-corrected chi connectivity index (χ0v) is 8.82. The van der Waals surface area contributed by atoms with Gasteiger partial charge in [0.2, 0.25) is 5.91 Å². The van der Waals surface area contributed by atoms with Crippen LogP contribution < -0.4 is 11.5 Å². The molecule has 0 saturated carbocycles. The van der Waals surface area contributed by atoms with Crippen molar-refractivity contribution in [1.29, 1.82) is 0 Å². The lowest BCUT2D eigenvalue weighted by Crippen LogP contribution is -2.62. The molecule has 0 bridgehead atoms. The molecule has 5 heteroatoms. The van der Waals surface area contributed by atoms with E-state index < -0.39 is 0 Å². The molecule has 0 radical (unpaired) electrons. The first kappa shape index (κ1) is 11.4. The van der Waals surface area contributed by atoms with E-state index in [-0.39, 0.29) is 17.5 Å². The summed E-state index contributed by atoms with van der Waals surface area (Å²) in [6.07, 6.45) is 0. The van der Waals surface area contributed by atoms with Crippen LogP contribution in [0.1, 0.15) is 13.8 Å². The number of carbonyl (C=O) groups excluding carboxylic acids is 1. The summed E-state index contributed by atoms with van der Waals surface area (Å²) >= 11 is 0. The molecule has 1 heterocycles. The number of nitrogens with two attached hydrogens (primary N) is 2. The Labute approximate surface area is 84.4 Å². The highest BCUT2D eigenvalue weighted by atomic mass is 16.5. The first-order chi connectivity index (χ1) is 6.49. The number of primary amides is 1. The summed E-state index contributed by atoms with van der Waals surface area (Å²) in [7, 11) is 0. The summed E-state index contributed by atoms with van der Waals surface area (Å²) in [4.78, 5) is 13.2. The van der Waals surface area contributed by atoms with Gasteiger partial charge in [-0.2, -0.15) is 0 Å². The maximum atomic E-state index is 11.2. The molecule has 0 aliphatic carbocycles. The minimum absolute atomic E-state index is 0.205. The molecule has 1 aliphatic rings. The van der Waals surface area contributed by atoms with Gasteiger partial charge >= 0.3 is 0 Å². The van der Waals surface area contributed by atoms with Gasteiger partial charge in [0.25, 0.3) is 0 Å². The van der Waals surface area contributed by atoms with Gasteiger partial charge in [-0.1, -0.05) is 0 Å². The van der Waals surface area contributed by atoms with Gasteiger partial charge in [0.1, 0.15) is 6.04 Å².